The molecule has 3 aliphatic rings. The van der Waals surface area contributed by atoms with E-state index in [0.717, 1.165) is 19.3 Å². The van der Waals surface area contributed by atoms with Crippen LogP contribution in [-0.2, 0) is 9.47 Å². The first kappa shape index (κ1) is 22.2. The molecule has 162 valence electrons. The van der Waals surface area contributed by atoms with Crippen molar-refractivity contribution >= 4 is 0 Å². The maximum atomic E-state index is 10.6. The molecule has 0 amide bonds. The summed E-state index contributed by atoms with van der Waals surface area (Å²) in [7, 11) is 0. The smallest absolute Gasteiger partial charge is 0.187 e. The van der Waals surface area contributed by atoms with Crippen molar-refractivity contribution in [2.45, 2.75) is 95.8 Å². The molecule has 7 heteroatoms. The van der Waals surface area contributed by atoms with Crippen LogP contribution >= 0.6 is 0 Å². The van der Waals surface area contributed by atoms with Gasteiger partial charge in [-0.15, -0.1) is 0 Å². The number of aliphatic hydroxyl groups excluding tert-OH is 5. The predicted molar refractivity (Wildman–Crippen MR) is 102 cm³/mol. The van der Waals surface area contributed by atoms with Crippen molar-refractivity contribution in [2.75, 3.05) is 6.61 Å². The Bertz CT molecular complexity index is 589. The molecule has 1 saturated carbocycles. The van der Waals surface area contributed by atoms with Gasteiger partial charge < -0.3 is 35.0 Å². The van der Waals surface area contributed by atoms with Gasteiger partial charge in [-0.25, -0.2) is 0 Å². The van der Waals surface area contributed by atoms with Crippen LogP contribution < -0.4 is 0 Å². The van der Waals surface area contributed by atoms with Crippen molar-refractivity contribution in [3.05, 3.63) is 11.6 Å². The fourth-order valence-corrected chi connectivity index (χ4v) is 5.34. The zero-order valence-corrected chi connectivity index (χ0v) is 17.3. The lowest BCUT2D eigenvalue weighted by molar-refractivity contribution is -0.330. The SMILES string of the molecule is CC1=CC[C@H](O)[C@@]2(C)CC[C@H](C(C)(C)O[C@@H]3O[C@H](CO)[C@@H](O)[C@H](O)[C@H]3O)C[C@@H]12. The molecule has 9 atom stereocenters. The first-order valence-electron chi connectivity index (χ1n) is 10.3. The van der Waals surface area contributed by atoms with Crippen molar-refractivity contribution in [3.63, 3.8) is 0 Å². The Morgan fingerprint density at radius 1 is 1.18 bits per heavy atom. The molecule has 1 heterocycles. The number of hydrogen-bond acceptors (Lipinski definition) is 7. The minimum atomic E-state index is -1.44. The number of ether oxygens (including phenoxy) is 2. The Balaban J connectivity index is 1.73. The number of hydrogen-bond donors (Lipinski definition) is 5. The molecule has 7 nitrogen and oxygen atoms in total. The topological polar surface area (TPSA) is 120 Å². The first-order chi connectivity index (χ1) is 13.0. The molecule has 0 aromatic rings. The molecule has 1 aliphatic heterocycles. The largest absolute Gasteiger partial charge is 0.394 e. The van der Waals surface area contributed by atoms with Crippen LogP contribution in [-0.4, -0.2) is 74.6 Å². The number of aliphatic hydroxyl groups is 5. The molecule has 0 unspecified atom stereocenters. The van der Waals surface area contributed by atoms with Gasteiger partial charge in [0.1, 0.15) is 24.4 Å². The summed E-state index contributed by atoms with van der Waals surface area (Å²) < 4.78 is 11.7. The normalized spacial score (nSPS) is 47.4. The second-order valence-electron chi connectivity index (χ2n) is 9.65. The van der Waals surface area contributed by atoms with Crippen molar-refractivity contribution in [2.24, 2.45) is 17.3 Å². The van der Waals surface area contributed by atoms with Crippen LogP contribution in [0.2, 0.25) is 0 Å². The van der Waals surface area contributed by atoms with Crippen LogP contribution in [0.25, 0.3) is 0 Å². The summed E-state index contributed by atoms with van der Waals surface area (Å²) in [6, 6.07) is 0. The van der Waals surface area contributed by atoms with Gasteiger partial charge in [-0.1, -0.05) is 18.6 Å². The molecule has 0 bridgehead atoms. The molecule has 2 aliphatic carbocycles. The molecule has 0 radical (unpaired) electrons. The van der Waals surface area contributed by atoms with Crippen LogP contribution in [0.1, 0.15) is 53.4 Å². The Morgan fingerprint density at radius 3 is 2.50 bits per heavy atom. The van der Waals surface area contributed by atoms with Gasteiger partial charge in [0.15, 0.2) is 6.29 Å². The number of rotatable bonds is 4. The zero-order valence-electron chi connectivity index (χ0n) is 17.3. The van der Waals surface area contributed by atoms with Crippen molar-refractivity contribution in [1.29, 1.82) is 0 Å². The molecule has 3 rings (SSSR count). The summed E-state index contributed by atoms with van der Waals surface area (Å²) in [6.45, 7) is 7.71. The van der Waals surface area contributed by atoms with Gasteiger partial charge in [0.25, 0.3) is 0 Å². The summed E-state index contributed by atoms with van der Waals surface area (Å²) in [5.74, 6) is 0.444. The van der Waals surface area contributed by atoms with E-state index in [-0.39, 0.29) is 23.4 Å². The van der Waals surface area contributed by atoms with E-state index < -0.39 is 42.9 Å². The molecular weight excluding hydrogens is 364 g/mol. The second kappa shape index (κ2) is 7.95. The minimum absolute atomic E-state index is 0.130. The van der Waals surface area contributed by atoms with Crippen molar-refractivity contribution in [1.82, 2.24) is 0 Å². The van der Waals surface area contributed by atoms with Gasteiger partial charge in [0, 0.05) is 5.41 Å². The van der Waals surface area contributed by atoms with E-state index in [1.807, 2.05) is 13.8 Å². The van der Waals surface area contributed by atoms with E-state index in [2.05, 4.69) is 19.9 Å². The van der Waals surface area contributed by atoms with Crippen LogP contribution in [0.5, 0.6) is 0 Å². The molecule has 28 heavy (non-hydrogen) atoms. The van der Waals surface area contributed by atoms with Gasteiger partial charge in [-0.05, 0) is 58.3 Å². The third kappa shape index (κ3) is 3.78. The Morgan fingerprint density at radius 2 is 1.86 bits per heavy atom. The van der Waals surface area contributed by atoms with Crippen molar-refractivity contribution in [3.8, 4) is 0 Å². The quantitative estimate of drug-likeness (QED) is 0.441. The zero-order chi connectivity index (χ0) is 20.9. The standard InChI is InChI=1S/C21H36O7/c1-11-5-6-15(23)21(4)8-7-12(9-13(11)21)20(2,3)28-19-18(26)17(25)16(24)14(10-22)27-19/h5,12-19,22-26H,6-10H2,1-4H3/t12-,13-,14+,15-,16+,17-,18+,19-,21-/m0/s1. The van der Waals surface area contributed by atoms with Gasteiger partial charge in [0.2, 0.25) is 0 Å². The average Bonchev–Trinajstić information content (AvgIpc) is 2.65. The fourth-order valence-electron chi connectivity index (χ4n) is 5.34. The fraction of sp³-hybridized carbons (Fsp3) is 0.905. The first-order valence-corrected chi connectivity index (χ1v) is 10.3. The Kier molecular flexibility index (Phi) is 6.29. The second-order valence-corrected chi connectivity index (χ2v) is 9.65. The molecular formula is C21H36O7. The highest BCUT2D eigenvalue weighted by Crippen LogP contribution is 2.54. The number of allylic oxidation sites excluding steroid dienone is 1. The highest BCUT2D eigenvalue weighted by Gasteiger charge is 2.52. The van der Waals surface area contributed by atoms with Gasteiger partial charge in [-0.2, -0.15) is 0 Å². The molecule has 2 fully saturated rings. The van der Waals surface area contributed by atoms with Crippen LogP contribution in [0.4, 0.5) is 0 Å². The Hall–Kier alpha value is -0.540. The van der Waals surface area contributed by atoms with E-state index in [9.17, 15) is 25.5 Å². The summed E-state index contributed by atoms with van der Waals surface area (Å²) in [6.07, 6.45) is -1.23. The van der Waals surface area contributed by atoms with Crippen LogP contribution in [0.15, 0.2) is 11.6 Å². The minimum Gasteiger partial charge on any atom is -0.394 e. The van der Waals surface area contributed by atoms with E-state index in [0.29, 0.717) is 6.42 Å². The lowest BCUT2D eigenvalue weighted by Gasteiger charge is -2.53. The highest BCUT2D eigenvalue weighted by atomic mass is 16.7. The summed E-state index contributed by atoms with van der Waals surface area (Å²) in [5.41, 5.74) is 0.521. The maximum absolute atomic E-state index is 10.6. The molecule has 0 spiro atoms. The van der Waals surface area contributed by atoms with E-state index in [1.54, 1.807) is 0 Å². The summed E-state index contributed by atoms with van der Waals surface area (Å²) in [5, 5.41) is 50.2. The summed E-state index contributed by atoms with van der Waals surface area (Å²) in [4.78, 5) is 0. The molecule has 0 aromatic heterocycles. The van der Waals surface area contributed by atoms with E-state index in [1.165, 1.54) is 5.57 Å². The maximum Gasteiger partial charge on any atom is 0.187 e. The lowest BCUT2D eigenvalue weighted by Crippen LogP contribution is -2.61. The van der Waals surface area contributed by atoms with Crippen LogP contribution in [0.3, 0.4) is 0 Å². The van der Waals surface area contributed by atoms with Gasteiger partial charge >= 0.3 is 0 Å². The molecule has 0 aromatic carbocycles. The van der Waals surface area contributed by atoms with Crippen molar-refractivity contribution < 1.29 is 35.0 Å². The molecule has 5 N–H and O–H groups in total. The van der Waals surface area contributed by atoms with Gasteiger partial charge in [-0.3, -0.25) is 0 Å². The van der Waals surface area contributed by atoms with Gasteiger partial charge in [0.05, 0.1) is 18.3 Å². The van der Waals surface area contributed by atoms with Crippen LogP contribution in [0, 0.1) is 17.3 Å². The third-order valence-electron chi connectivity index (χ3n) is 7.57. The summed E-state index contributed by atoms with van der Waals surface area (Å²) >= 11 is 0. The lowest BCUT2D eigenvalue weighted by atomic mass is 9.55. The average molecular weight is 401 g/mol. The monoisotopic (exact) mass is 400 g/mol. The van der Waals surface area contributed by atoms with E-state index in [4.69, 9.17) is 9.47 Å². The highest BCUT2D eigenvalue weighted by molar-refractivity contribution is 5.18. The molecule has 1 saturated heterocycles. The Labute approximate surface area is 167 Å². The third-order valence-corrected chi connectivity index (χ3v) is 7.57. The van der Waals surface area contributed by atoms with E-state index >= 15 is 0 Å². The predicted octanol–water partition coefficient (Wildman–Crippen LogP) is 0.715. The number of fused-ring (bicyclic) bond motifs is 1.